The molecule has 0 spiro atoms. The second kappa shape index (κ2) is 2.48. The van der Waals surface area contributed by atoms with Crippen LogP contribution in [0.25, 0.3) is 0 Å². The Balaban J connectivity index is 2.22. The van der Waals surface area contributed by atoms with E-state index in [0.717, 1.165) is 5.92 Å². The number of nitrogens with zero attached hydrogens (tertiary/aromatic N) is 1. The SMILES string of the molecule is CCC12CCCN1CCC2C. The van der Waals surface area contributed by atoms with E-state index >= 15 is 0 Å². The van der Waals surface area contributed by atoms with Crippen molar-refractivity contribution in [2.45, 2.75) is 45.1 Å². The predicted octanol–water partition coefficient (Wildman–Crippen LogP) is 2.27. The van der Waals surface area contributed by atoms with Gasteiger partial charge in [0.25, 0.3) is 0 Å². The maximum Gasteiger partial charge on any atom is 0.0233 e. The van der Waals surface area contributed by atoms with E-state index in [1.807, 2.05) is 0 Å². The maximum atomic E-state index is 2.73. The largest absolute Gasteiger partial charge is 0.297 e. The number of hydrogen-bond donors (Lipinski definition) is 0. The molecular weight excluding hydrogens is 134 g/mol. The zero-order chi connectivity index (χ0) is 7.90. The highest BCUT2D eigenvalue weighted by Crippen LogP contribution is 2.44. The van der Waals surface area contributed by atoms with Crippen LogP contribution in [-0.4, -0.2) is 23.5 Å². The van der Waals surface area contributed by atoms with Gasteiger partial charge in [0.15, 0.2) is 0 Å². The Labute approximate surface area is 69.8 Å². The van der Waals surface area contributed by atoms with Crippen molar-refractivity contribution in [3.05, 3.63) is 0 Å². The molecule has 2 aliphatic rings. The van der Waals surface area contributed by atoms with Gasteiger partial charge in [0.1, 0.15) is 0 Å². The van der Waals surface area contributed by atoms with Gasteiger partial charge >= 0.3 is 0 Å². The van der Waals surface area contributed by atoms with E-state index in [1.54, 1.807) is 0 Å². The molecule has 0 amide bonds. The summed E-state index contributed by atoms with van der Waals surface area (Å²) in [6.07, 6.45) is 5.71. The molecule has 0 N–H and O–H groups in total. The van der Waals surface area contributed by atoms with Crippen LogP contribution < -0.4 is 0 Å². The molecule has 2 saturated heterocycles. The van der Waals surface area contributed by atoms with Crippen LogP contribution in [0.1, 0.15) is 39.5 Å². The van der Waals surface area contributed by atoms with Gasteiger partial charge < -0.3 is 0 Å². The number of rotatable bonds is 1. The van der Waals surface area contributed by atoms with Crippen molar-refractivity contribution in [3.8, 4) is 0 Å². The molecule has 0 radical (unpaired) electrons. The normalized spacial score (nSPS) is 44.7. The van der Waals surface area contributed by atoms with Gasteiger partial charge in [-0.25, -0.2) is 0 Å². The summed E-state index contributed by atoms with van der Waals surface area (Å²) in [5, 5.41) is 0. The van der Waals surface area contributed by atoms with E-state index in [2.05, 4.69) is 18.7 Å². The molecule has 2 fully saturated rings. The predicted molar refractivity (Wildman–Crippen MR) is 47.6 cm³/mol. The van der Waals surface area contributed by atoms with E-state index in [9.17, 15) is 0 Å². The summed E-state index contributed by atoms with van der Waals surface area (Å²) in [5.74, 6) is 0.954. The molecule has 1 heteroatoms. The fourth-order valence-corrected chi connectivity index (χ4v) is 3.22. The molecule has 2 rings (SSSR count). The van der Waals surface area contributed by atoms with Crippen LogP contribution in [0.4, 0.5) is 0 Å². The highest BCUT2D eigenvalue weighted by atomic mass is 15.2. The molecule has 0 aromatic carbocycles. The van der Waals surface area contributed by atoms with Gasteiger partial charge in [-0.15, -0.1) is 0 Å². The van der Waals surface area contributed by atoms with Crippen LogP contribution in [0.3, 0.4) is 0 Å². The lowest BCUT2D eigenvalue weighted by atomic mass is 9.82. The van der Waals surface area contributed by atoms with Gasteiger partial charge in [-0.2, -0.15) is 0 Å². The van der Waals surface area contributed by atoms with Crippen LogP contribution in [0.15, 0.2) is 0 Å². The Morgan fingerprint density at radius 1 is 1.45 bits per heavy atom. The highest BCUT2D eigenvalue weighted by Gasteiger charge is 2.47. The minimum Gasteiger partial charge on any atom is -0.297 e. The molecule has 2 atom stereocenters. The molecule has 1 nitrogen and oxygen atoms in total. The summed E-state index contributed by atoms with van der Waals surface area (Å²) in [5.41, 5.74) is 0.639. The van der Waals surface area contributed by atoms with Crippen molar-refractivity contribution in [3.63, 3.8) is 0 Å². The molecule has 0 bridgehead atoms. The van der Waals surface area contributed by atoms with E-state index in [1.165, 1.54) is 38.8 Å². The van der Waals surface area contributed by atoms with Crippen molar-refractivity contribution in [2.75, 3.05) is 13.1 Å². The van der Waals surface area contributed by atoms with Crippen molar-refractivity contribution in [1.29, 1.82) is 0 Å². The average Bonchev–Trinajstić information content (AvgIpc) is 2.53. The zero-order valence-corrected chi connectivity index (χ0v) is 7.77. The van der Waals surface area contributed by atoms with Gasteiger partial charge in [0.2, 0.25) is 0 Å². The van der Waals surface area contributed by atoms with Gasteiger partial charge in [-0.05, 0) is 44.7 Å². The monoisotopic (exact) mass is 153 g/mol. The highest BCUT2D eigenvalue weighted by molar-refractivity contribution is 5.02. The molecule has 64 valence electrons. The maximum absolute atomic E-state index is 2.73. The lowest BCUT2D eigenvalue weighted by Crippen LogP contribution is -2.41. The Hall–Kier alpha value is -0.0400. The minimum atomic E-state index is 0.639. The first-order chi connectivity index (χ1) is 5.29. The van der Waals surface area contributed by atoms with Crippen LogP contribution in [0.5, 0.6) is 0 Å². The Morgan fingerprint density at radius 3 is 2.91 bits per heavy atom. The zero-order valence-electron chi connectivity index (χ0n) is 7.77. The van der Waals surface area contributed by atoms with Crippen LogP contribution in [0, 0.1) is 5.92 Å². The Kier molecular flexibility index (Phi) is 1.71. The van der Waals surface area contributed by atoms with Crippen LogP contribution in [-0.2, 0) is 0 Å². The molecule has 2 aliphatic heterocycles. The van der Waals surface area contributed by atoms with Crippen molar-refractivity contribution in [1.82, 2.24) is 4.90 Å². The van der Waals surface area contributed by atoms with Gasteiger partial charge in [0, 0.05) is 5.54 Å². The van der Waals surface area contributed by atoms with E-state index in [-0.39, 0.29) is 0 Å². The minimum absolute atomic E-state index is 0.639. The third-order valence-corrected chi connectivity index (χ3v) is 4.03. The number of fused-ring (bicyclic) bond motifs is 1. The first-order valence-electron chi connectivity index (χ1n) is 5.04. The van der Waals surface area contributed by atoms with Crippen molar-refractivity contribution < 1.29 is 0 Å². The summed E-state index contributed by atoms with van der Waals surface area (Å²) in [4.78, 5) is 2.73. The summed E-state index contributed by atoms with van der Waals surface area (Å²) >= 11 is 0. The summed E-state index contributed by atoms with van der Waals surface area (Å²) in [7, 11) is 0. The Morgan fingerprint density at radius 2 is 2.27 bits per heavy atom. The molecule has 2 heterocycles. The van der Waals surface area contributed by atoms with E-state index in [0.29, 0.717) is 5.54 Å². The smallest absolute Gasteiger partial charge is 0.0233 e. The lowest BCUT2D eigenvalue weighted by molar-refractivity contribution is 0.152. The van der Waals surface area contributed by atoms with Crippen LogP contribution >= 0.6 is 0 Å². The molecule has 11 heavy (non-hydrogen) atoms. The molecular formula is C10H19N. The third kappa shape index (κ3) is 0.868. The summed E-state index contributed by atoms with van der Waals surface area (Å²) < 4.78 is 0. The van der Waals surface area contributed by atoms with Gasteiger partial charge in [-0.3, -0.25) is 4.90 Å². The second-order valence-electron chi connectivity index (χ2n) is 4.24. The fraction of sp³-hybridized carbons (Fsp3) is 1.00. The van der Waals surface area contributed by atoms with Gasteiger partial charge in [0.05, 0.1) is 0 Å². The van der Waals surface area contributed by atoms with E-state index < -0.39 is 0 Å². The van der Waals surface area contributed by atoms with Crippen molar-refractivity contribution in [2.24, 2.45) is 5.92 Å². The Bertz CT molecular complexity index is 155. The quantitative estimate of drug-likeness (QED) is 0.558. The summed E-state index contributed by atoms with van der Waals surface area (Å²) in [6.45, 7) is 7.54. The first kappa shape index (κ1) is 7.60. The molecule has 2 unspecified atom stereocenters. The fourth-order valence-electron chi connectivity index (χ4n) is 3.22. The topological polar surface area (TPSA) is 3.24 Å². The average molecular weight is 153 g/mol. The molecule has 0 saturated carbocycles. The van der Waals surface area contributed by atoms with E-state index in [4.69, 9.17) is 0 Å². The lowest BCUT2D eigenvalue weighted by Gasteiger charge is -2.34. The second-order valence-corrected chi connectivity index (χ2v) is 4.24. The summed E-state index contributed by atoms with van der Waals surface area (Å²) in [6, 6.07) is 0. The third-order valence-electron chi connectivity index (χ3n) is 4.03. The molecule has 0 aliphatic carbocycles. The van der Waals surface area contributed by atoms with Crippen LogP contribution in [0.2, 0.25) is 0 Å². The molecule has 0 aromatic rings. The molecule has 0 aromatic heterocycles. The number of hydrogen-bond acceptors (Lipinski definition) is 1. The standard InChI is InChI=1S/C10H19N/c1-3-10-6-4-7-11(10)8-5-9(10)2/h9H,3-8H2,1-2H3. The first-order valence-corrected chi connectivity index (χ1v) is 5.04. The van der Waals surface area contributed by atoms with Crippen molar-refractivity contribution >= 4 is 0 Å². The van der Waals surface area contributed by atoms with Gasteiger partial charge in [-0.1, -0.05) is 13.8 Å².